The predicted molar refractivity (Wildman–Crippen MR) is 102 cm³/mol. The summed E-state index contributed by atoms with van der Waals surface area (Å²) in [6.07, 6.45) is 2.46. The van der Waals surface area contributed by atoms with Gasteiger partial charge in [0.05, 0.1) is 18.2 Å². The number of amides is 2. The minimum Gasteiger partial charge on any atom is -0.496 e. The number of hydrogen-bond acceptors (Lipinski definition) is 5. The number of pyridine rings is 1. The number of anilines is 1. The number of carbonyl (C=O) groups is 2. The van der Waals surface area contributed by atoms with Crippen LogP contribution in [0.2, 0.25) is 0 Å². The molecule has 0 aliphatic heterocycles. The summed E-state index contributed by atoms with van der Waals surface area (Å²) in [6, 6.07) is 12.1. The highest BCUT2D eigenvalue weighted by Crippen LogP contribution is 2.21. The summed E-state index contributed by atoms with van der Waals surface area (Å²) < 4.78 is 6.90. The van der Waals surface area contributed by atoms with Gasteiger partial charge < -0.3 is 21.1 Å². The summed E-state index contributed by atoms with van der Waals surface area (Å²) in [5.41, 5.74) is 6.92. The number of fused-ring (bicyclic) bond motifs is 1. The van der Waals surface area contributed by atoms with Crippen LogP contribution in [-0.4, -0.2) is 41.6 Å². The maximum Gasteiger partial charge on any atom is 0.256 e. The Morgan fingerprint density at radius 2 is 2.04 bits per heavy atom. The van der Waals surface area contributed by atoms with E-state index < -0.39 is 0 Å². The van der Waals surface area contributed by atoms with E-state index in [4.69, 9.17) is 10.5 Å². The van der Waals surface area contributed by atoms with Crippen LogP contribution in [0.15, 0.2) is 48.7 Å². The molecule has 27 heavy (non-hydrogen) atoms. The highest BCUT2D eigenvalue weighted by molar-refractivity contribution is 6.06. The molecule has 0 aliphatic rings. The van der Waals surface area contributed by atoms with Crippen molar-refractivity contribution < 1.29 is 14.3 Å². The van der Waals surface area contributed by atoms with Gasteiger partial charge >= 0.3 is 0 Å². The van der Waals surface area contributed by atoms with Gasteiger partial charge in [0.1, 0.15) is 5.75 Å². The number of rotatable bonds is 7. The molecule has 0 atom stereocenters. The standard InChI is InChI=1S/C19H21N5O3/c1-27-16-7-6-13(11-15(16)19(26)21-9-4-8-20)18(25)22-17-12-14-5-2-3-10-24(14)23-17/h2-3,5-7,10-12H,4,8-9,20H2,1H3,(H,21,26)(H,22,23,25). The summed E-state index contributed by atoms with van der Waals surface area (Å²) in [6.45, 7) is 0.940. The number of aromatic nitrogens is 2. The van der Waals surface area contributed by atoms with E-state index in [-0.39, 0.29) is 17.4 Å². The molecule has 1 aromatic carbocycles. The van der Waals surface area contributed by atoms with E-state index in [9.17, 15) is 9.59 Å². The second-order valence-corrected chi connectivity index (χ2v) is 5.87. The Labute approximate surface area is 156 Å². The molecular weight excluding hydrogens is 346 g/mol. The van der Waals surface area contributed by atoms with E-state index >= 15 is 0 Å². The summed E-state index contributed by atoms with van der Waals surface area (Å²) in [7, 11) is 1.47. The molecule has 0 radical (unpaired) electrons. The van der Waals surface area contributed by atoms with Gasteiger partial charge in [-0.15, -0.1) is 0 Å². The number of carbonyl (C=O) groups excluding carboxylic acids is 2. The zero-order valence-corrected chi connectivity index (χ0v) is 14.9. The third-order valence-corrected chi connectivity index (χ3v) is 3.98. The third kappa shape index (κ3) is 4.24. The van der Waals surface area contributed by atoms with Gasteiger partial charge in [-0.3, -0.25) is 9.59 Å². The molecule has 2 aromatic heterocycles. The van der Waals surface area contributed by atoms with Crippen molar-refractivity contribution in [2.45, 2.75) is 6.42 Å². The largest absolute Gasteiger partial charge is 0.496 e. The van der Waals surface area contributed by atoms with Gasteiger partial charge in [-0.25, -0.2) is 4.52 Å². The topological polar surface area (TPSA) is 111 Å². The second kappa shape index (κ2) is 8.33. The van der Waals surface area contributed by atoms with Crippen LogP contribution in [0, 0.1) is 0 Å². The predicted octanol–water partition coefficient (Wildman–Crippen LogP) is 1.67. The van der Waals surface area contributed by atoms with Crippen LogP contribution in [0.4, 0.5) is 5.82 Å². The lowest BCUT2D eigenvalue weighted by atomic mass is 10.1. The molecule has 8 heteroatoms. The molecule has 0 aliphatic carbocycles. The maximum atomic E-state index is 12.6. The first-order valence-electron chi connectivity index (χ1n) is 8.54. The Bertz CT molecular complexity index is 934. The maximum absolute atomic E-state index is 12.6. The minimum atomic E-state index is -0.364. The smallest absolute Gasteiger partial charge is 0.256 e. The normalized spacial score (nSPS) is 10.6. The molecule has 0 bridgehead atoms. The molecule has 0 saturated heterocycles. The first-order chi connectivity index (χ1) is 13.1. The van der Waals surface area contributed by atoms with Crippen LogP contribution in [0.1, 0.15) is 27.1 Å². The Morgan fingerprint density at radius 3 is 2.78 bits per heavy atom. The Kier molecular flexibility index (Phi) is 5.68. The van der Waals surface area contributed by atoms with Crippen molar-refractivity contribution in [1.82, 2.24) is 14.9 Å². The van der Waals surface area contributed by atoms with E-state index in [1.165, 1.54) is 13.2 Å². The van der Waals surface area contributed by atoms with E-state index in [1.807, 2.05) is 18.2 Å². The number of nitrogens with two attached hydrogens (primary N) is 1. The fourth-order valence-electron chi connectivity index (χ4n) is 2.61. The van der Waals surface area contributed by atoms with Gasteiger partial charge in [-0.1, -0.05) is 6.07 Å². The summed E-state index contributed by atoms with van der Waals surface area (Å²) in [4.78, 5) is 24.9. The Balaban J connectivity index is 1.79. The van der Waals surface area contributed by atoms with Gasteiger partial charge in [0.15, 0.2) is 5.82 Å². The van der Waals surface area contributed by atoms with E-state index in [0.29, 0.717) is 36.6 Å². The molecule has 0 saturated carbocycles. The van der Waals surface area contributed by atoms with Crippen molar-refractivity contribution in [2.24, 2.45) is 5.73 Å². The van der Waals surface area contributed by atoms with Crippen LogP contribution in [0.25, 0.3) is 5.52 Å². The van der Waals surface area contributed by atoms with Crippen molar-refractivity contribution in [3.8, 4) is 5.75 Å². The molecule has 4 N–H and O–H groups in total. The molecule has 3 rings (SSSR count). The number of ether oxygens (including phenoxy) is 1. The summed E-state index contributed by atoms with van der Waals surface area (Å²) in [5.74, 6) is 0.139. The highest BCUT2D eigenvalue weighted by Gasteiger charge is 2.16. The molecular formula is C19H21N5O3. The lowest BCUT2D eigenvalue weighted by Crippen LogP contribution is -2.26. The van der Waals surface area contributed by atoms with Crippen LogP contribution in [0.3, 0.4) is 0 Å². The van der Waals surface area contributed by atoms with Crippen molar-refractivity contribution in [1.29, 1.82) is 0 Å². The quantitative estimate of drug-likeness (QED) is 0.550. The van der Waals surface area contributed by atoms with Crippen LogP contribution < -0.4 is 21.1 Å². The zero-order valence-electron chi connectivity index (χ0n) is 14.9. The fraction of sp³-hybridized carbons (Fsp3) is 0.211. The van der Waals surface area contributed by atoms with Crippen molar-refractivity contribution in [2.75, 3.05) is 25.5 Å². The third-order valence-electron chi connectivity index (χ3n) is 3.98. The summed E-state index contributed by atoms with van der Waals surface area (Å²) >= 11 is 0. The molecule has 2 amide bonds. The van der Waals surface area contributed by atoms with Gasteiger partial charge in [0, 0.05) is 24.4 Å². The number of benzene rings is 1. The highest BCUT2D eigenvalue weighted by atomic mass is 16.5. The fourth-order valence-corrected chi connectivity index (χ4v) is 2.61. The lowest BCUT2D eigenvalue weighted by molar-refractivity contribution is 0.0950. The van der Waals surface area contributed by atoms with Gasteiger partial charge in [0.2, 0.25) is 0 Å². The lowest BCUT2D eigenvalue weighted by Gasteiger charge is -2.11. The van der Waals surface area contributed by atoms with Gasteiger partial charge in [0.25, 0.3) is 11.8 Å². The number of methoxy groups -OCH3 is 1. The average Bonchev–Trinajstić information content (AvgIpc) is 3.09. The van der Waals surface area contributed by atoms with Crippen LogP contribution >= 0.6 is 0 Å². The SMILES string of the molecule is COc1ccc(C(=O)Nc2cc3ccccn3n2)cc1C(=O)NCCCN. The number of nitrogens with zero attached hydrogens (tertiary/aromatic N) is 2. The van der Waals surface area contributed by atoms with Crippen LogP contribution in [-0.2, 0) is 0 Å². The van der Waals surface area contributed by atoms with E-state index in [0.717, 1.165) is 5.52 Å². The molecule has 3 aromatic rings. The molecule has 0 unspecified atom stereocenters. The second-order valence-electron chi connectivity index (χ2n) is 5.87. The monoisotopic (exact) mass is 367 g/mol. The Hall–Kier alpha value is -3.39. The van der Waals surface area contributed by atoms with Crippen molar-refractivity contribution >= 4 is 23.1 Å². The Morgan fingerprint density at radius 1 is 1.19 bits per heavy atom. The molecule has 2 heterocycles. The molecule has 8 nitrogen and oxygen atoms in total. The van der Waals surface area contributed by atoms with E-state index in [2.05, 4.69) is 15.7 Å². The first-order valence-corrected chi connectivity index (χ1v) is 8.54. The van der Waals surface area contributed by atoms with E-state index in [1.54, 1.807) is 28.9 Å². The first kappa shape index (κ1) is 18.4. The molecule has 0 spiro atoms. The summed E-state index contributed by atoms with van der Waals surface area (Å²) in [5, 5.41) is 9.79. The zero-order chi connectivity index (χ0) is 19.2. The van der Waals surface area contributed by atoms with Crippen molar-refractivity contribution in [3.63, 3.8) is 0 Å². The average molecular weight is 367 g/mol. The number of nitrogens with one attached hydrogen (secondary N) is 2. The van der Waals surface area contributed by atoms with Gasteiger partial charge in [-0.05, 0) is 43.3 Å². The minimum absolute atomic E-state index is 0.289. The number of hydrogen-bond donors (Lipinski definition) is 3. The molecule has 140 valence electrons. The van der Waals surface area contributed by atoms with Gasteiger partial charge in [-0.2, -0.15) is 5.10 Å². The van der Waals surface area contributed by atoms with Crippen molar-refractivity contribution in [3.05, 3.63) is 59.8 Å². The molecule has 0 fully saturated rings. The van der Waals surface area contributed by atoms with Crippen LogP contribution in [0.5, 0.6) is 5.75 Å².